The van der Waals surface area contributed by atoms with Crippen molar-refractivity contribution in [2.75, 3.05) is 12.4 Å². The van der Waals surface area contributed by atoms with Gasteiger partial charge in [0, 0.05) is 0 Å². The number of methoxy groups -OCH3 is 1. The summed E-state index contributed by atoms with van der Waals surface area (Å²) < 4.78 is 4.65. The summed E-state index contributed by atoms with van der Waals surface area (Å²) in [7, 11) is 1.25. The third-order valence-corrected chi connectivity index (χ3v) is 2.98. The largest absolute Gasteiger partial charge is 0.506 e. The maximum atomic E-state index is 12.3. The van der Waals surface area contributed by atoms with E-state index in [1.807, 2.05) is 6.92 Å². The van der Waals surface area contributed by atoms with Crippen molar-refractivity contribution in [1.29, 1.82) is 0 Å². The van der Waals surface area contributed by atoms with Crippen LogP contribution in [0.4, 0.5) is 5.69 Å². The van der Waals surface area contributed by atoms with Crippen molar-refractivity contribution in [2.24, 2.45) is 0 Å². The van der Waals surface area contributed by atoms with Crippen LogP contribution in [-0.2, 0) is 4.74 Å². The molecule has 5 heteroatoms. The Morgan fingerprint density at radius 2 is 1.76 bits per heavy atom. The molecule has 2 rings (SSSR count). The number of hydrogen-bond acceptors (Lipinski definition) is 4. The molecule has 0 unspecified atom stereocenters. The molecule has 2 aromatic rings. The molecule has 1 amide bonds. The van der Waals surface area contributed by atoms with Crippen LogP contribution in [0.5, 0.6) is 5.75 Å². The first-order chi connectivity index (χ1) is 10.0. The lowest BCUT2D eigenvalue weighted by Crippen LogP contribution is -2.17. The van der Waals surface area contributed by atoms with Crippen LogP contribution in [0.25, 0.3) is 0 Å². The number of aryl methyl sites for hydroxylation is 1. The topological polar surface area (TPSA) is 75.6 Å². The van der Waals surface area contributed by atoms with Gasteiger partial charge < -0.3 is 15.2 Å². The second-order valence-corrected chi connectivity index (χ2v) is 4.51. The zero-order chi connectivity index (χ0) is 15.4. The van der Waals surface area contributed by atoms with Gasteiger partial charge in [-0.1, -0.05) is 18.2 Å². The number of ether oxygens (including phenoxy) is 1. The highest BCUT2D eigenvalue weighted by Gasteiger charge is 2.17. The smallest absolute Gasteiger partial charge is 0.338 e. The normalized spacial score (nSPS) is 10.0. The van der Waals surface area contributed by atoms with Gasteiger partial charge in [0.05, 0.1) is 23.9 Å². The molecule has 2 N–H and O–H groups in total. The molecule has 0 radical (unpaired) electrons. The van der Waals surface area contributed by atoms with Crippen LogP contribution in [0.1, 0.15) is 26.3 Å². The first-order valence-electron chi connectivity index (χ1n) is 6.31. The zero-order valence-corrected chi connectivity index (χ0v) is 11.7. The van der Waals surface area contributed by atoms with Crippen LogP contribution in [-0.4, -0.2) is 24.1 Å². The predicted octanol–water partition coefficient (Wildman–Crippen LogP) is 2.74. The molecule has 0 bridgehead atoms. The minimum absolute atomic E-state index is 0.0375. The number of phenolic OH excluding ortho intramolecular Hbond substituents is 1. The van der Waals surface area contributed by atoms with E-state index >= 15 is 0 Å². The molecule has 0 fully saturated rings. The van der Waals surface area contributed by atoms with Crippen LogP contribution in [0, 0.1) is 6.92 Å². The molecule has 0 spiro atoms. The maximum Gasteiger partial charge on any atom is 0.338 e. The van der Waals surface area contributed by atoms with Crippen molar-refractivity contribution < 1.29 is 19.4 Å². The van der Waals surface area contributed by atoms with E-state index in [-0.39, 0.29) is 16.9 Å². The second kappa shape index (κ2) is 6.09. The summed E-state index contributed by atoms with van der Waals surface area (Å²) in [5.41, 5.74) is 1.54. The molecule has 5 nitrogen and oxygen atoms in total. The van der Waals surface area contributed by atoms with Crippen LogP contribution < -0.4 is 5.32 Å². The fourth-order valence-corrected chi connectivity index (χ4v) is 1.91. The number of carbonyl (C=O) groups is 2. The Morgan fingerprint density at radius 1 is 1.10 bits per heavy atom. The summed E-state index contributed by atoms with van der Waals surface area (Å²) in [6.45, 7) is 1.84. The number of esters is 1. The Morgan fingerprint density at radius 3 is 2.43 bits per heavy atom. The Hall–Kier alpha value is -2.82. The lowest BCUT2D eigenvalue weighted by Gasteiger charge is -2.10. The van der Waals surface area contributed by atoms with Gasteiger partial charge in [0.15, 0.2) is 0 Å². The van der Waals surface area contributed by atoms with Gasteiger partial charge in [0.25, 0.3) is 5.91 Å². The van der Waals surface area contributed by atoms with Crippen LogP contribution >= 0.6 is 0 Å². The van der Waals surface area contributed by atoms with E-state index in [4.69, 9.17) is 0 Å². The van der Waals surface area contributed by atoms with Gasteiger partial charge in [-0.15, -0.1) is 0 Å². The van der Waals surface area contributed by atoms with E-state index in [9.17, 15) is 14.7 Å². The maximum absolute atomic E-state index is 12.3. The number of phenols is 1. The van der Waals surface area contributed by atoms with Gasteiger partial charge in [0.2, 0.25) is 0 Å². The van der Waals surface area contributed by atoms with E-state index in [0.29, 0.717) is 5.69 Å². The highest BCUT2D eigenvalue weighted by Crippen LogP contribution is 2.25. The highest BCUT2D eigenvalue weighted by atomic mass is 16.5. The molecular weight excluding hydrogens is 270 g/mol. The first kappa shape index (κ1) is 14.6. The zero-order valence-electron chi connectivity index (χ0n) is 11.7. The molecule has 0 aliphatic rings. The van der Waals surface area contributed by atoms with E-state index in [1.165, 1.54) is 25.3 Å². The van der Waals surface area contributed by atoms with Crippen LogP contribution in [0.2, 0.25) is 0 Å². The summed E-state index contributed by atoms with van der Waals surface area (Å²) >= 11 is 0. The summed E-state index contributed by atoms with van der Waals surface area (Å²) in [5, 5.41) is 12.3. The lowest BCUT2D eigenvalue weighted by atomic mass is 10.1. The van der Waals surface area contributed by atoms with Crippen molar-refractivity contribution in [3.05, 3.63) is 59.2 Å². The molecule has 21 heavy (non-hydrogen) atoms. The van der Waals surface area contributed by atoms with E-state index in [0.717, 1.165) is 5.56 Å². The molecule has 0 aliphatic carbocycles. The Kier molecular flexibility index (Phi) is 4.23. The number of carbonyl (C=O) groups excluding carboxylic acids is 2. The van der Waals surface area contributed by atoms with Gasteiger partial charge in [0.1, 0.15) is 5.75 Å². The minimum Gasteiger partial charge on any atom is -0.506 e. The van der Waals surface area contributed by atoms with Crippen LogP contribution in [0.3, 0.4) is 0 Å². The molecule has 108 valence electrons. The number of amides is 1. The summed E-state index contributed by atoms with van der Waals surface area (Å²) in [6, 6.07) is 11.2. The Labute approximate surface area is 122 Å². The SMILES string of the molecule is COC(=O)c1ccccc1C(=O)Nc1cc(C)ccc1O. The average Bonchev–Trinajstić information content (AvgIpc) is 2.50. The van der Waals surface area contributed by atoms with Gasteiger partial charge in [-0.2, -0.15) is 0 Å². The van der Waals surface area contributed by atoms with Crippen molar-refractivity contribution in [3.63, 3.8) is 0 Å². The van der Waals surface area contributed by atoms with Gasteiger partial charge in [-0.3, -0.25) is 4.79 Å². The molecule has 0 heterocycles. The fourth-order valence-electron chi connectivity index (χ4n) is 1.91. The standard InChI is InChI=1S/C16H15NO4/c1-10-7-8-14(18)13(9-10)17-15(19)11-5-3-4-6-12(11)16(20)21-2/h3-9,18H,1-2H3,(H,17,19). The highest BCUT2D eigenvalue weighted by molar-refractivity contribution is 6.11. The van der Waals surface area contributed by atoms with E-state index < -0.39 is 11.9 Å². The Bertz CT molecular complexity index is 694. The molecule has 0 aliphatic heterocycles. The summed E-state index contributed by atoms with van der Waals surface area (Å²) in [4.78, 5) is 23.9. The van der Waals surface area contributed by atoms with E-state index in [2.05, 4.69) is 10.1 Å². The van der Waals surface area contributed by atoms with Gasteiger partial charge in [-0.05, 0) is 36.8 Å². The summed E-state index contributed by atoms with van der Waals surface area (Å²) in [5.74, 6) is -1.12. The first-order valence-corrected chi connectivity index (χ1v) is 6.31. The number of hydrogen-bond donors (Lipinski definition) is 2. The van der Waals surface area contributed by atoms with Gasteiger partial charge >= 0.3 is 5.97 Å². The fraction of sp³-hybridized carbons (Fsp3) is 0.125. The average molecular weight is 285 g/mol. The van der Waals surface area contributed by atoms with Crippen molar-refractivity contribution in [3.8, 4) is 5.75 Å². The number of aromatic hydroxyl groups is 1. The lowest BCUT2D eigenvalue weighted by molar-refractivity contribution is 0.0597. The quantitative estimate of drug-likeness (QED) is 0.671. The number of nitrogens with one attached hydrogen (secondary N) is 1. The summed E-state index contributed by atoms with van der Waals surface area (Å²) in [6.07, 6.45) is 0. The van der Waals surface area contributed by atoms with E-state index in [1.54, 1.807) is 24.3 Å². The molecule has 0 saturated heterocycles. The Balaban J connectivity index is 2.33. The van der Waals surface area contributed by atoms with Crippen LogP contribution in [0.15, 0.2) is 42.5 Å². The third-order valence-electron chi connectivity index (χ3n) is 2.98. The van der Waals surface area contributed by atoms with Gasteiger partial charge in [-0.25, -0.2) is 4.79 Å². The molecule has 0 atom stereocenters. The predicted molar refractivity (Wildman–Crippen MR) is 78.6 cm³/mol. The molecule has 0 aromatic heterocycles. The molecular formula is C16H15NO4. The third kappa shape index (κ3) is 3.20. The van der Waals surface area contributed by atoms with Crippen molar-refractivity contribution >= 4 is 17.6 Å². The number of anilines is 1. The number of rotatable bonds is 3. The van der Waals surface area contributed by atoms with Crippen molar-refractivity contribution in [1.82, 2.24) is 0 Å². The molecule has 0 saturated carbocycles. The van der Waals surface area contributed by atoms with Crippen molar-refractivity contribution in [2.45, 2.75) is 6.92 Å². The molecule has 2 aromatic carbocycles. The number of benzene rings is 2. The monoisotopic (exact) mass is 285 g/mol. The second-order valence-electron chi connectivity index (χ2n) is 4.51. The minimum atomic E-state index is -0.589.